The third-order valence-corrected chi connectivity index (χ3v) is 4.85. The number of benzene rings is 1. The van der Waals surface area contributed by atoms with Crippen LogP contribution >= 0.6 is 11.8 Å². The van der Waals surface area contributed by atoms with Crippen molar-refractivity contribution in [2.24, 2.45) is 5.10 Å². The van der Waals surface area contributed by atoms with Gasteiger partial charge in [0.1, 0.15) is 5.84 Å². The van der Waals surface area contributed by atoms with Crippen LogP contribution in [0.1, 0.15) is 6.92 Å². The Kier molecular flexibility index (Phi) is 2.85. The van der Waals surface area contributed by atoms with Gasteiger partial charge in [0.25, 0.3) is 0 Å². The highest BCUT2D eigenvalue weighted by atomic mass is 32.2. The molecule has 0 saturated carbocycles. The molecule has 0 unspecified atom stereocenters. The molecule has 1 fully saturated rings. The Morgan fingerprint density at radius 2 is 2.30 bits per heavy atom. The van der Waals surface area contributed by atoms with Gasteiger partial charge in [-0.05, 0) is 25.1 Å². The van der Waals surface area contributed by atoms with E-state index < -0.39 is 0 Å². The lowest BCUT2D eigenvalue weighted by atomic mass is 10.1. The molecule has 6 heteroatoms. The monoisotopic (exact) mass is 287 g/mol. The Hall–Kier alpha value is -1.66. The topological polar surface area (TPSA) is 51.7 Å². The molecule has 1 saturated heterocycles. The van der Waals surface area contributed by atoms with Crippen LogP contribution in [-0.4, -0.2) is 30.7 Å². The van der Waals surface area contributed by atoms with Gasteiger partial charge in [0.2, 0.25) is 0 Å². The average molecular weight is 287 g/mol. The normalized spacial score (nSPS) is 20.9. The van der Waals surface area contributed by atoms with Gasteiger partial charge in [0.05, 0.1) is 17.5 Å². The summed E-state index contributed by atoms with van der Waals surface area (Å²) < 4.78 is 0. The van der Waals surface area contributed by atoms with Gasteiger partial charge >= 0.3 is 0 Å². The first-order valence-corrected chi connectivity index (χ1v) is 7.83. The fourth-order valence-electron chi connectivity index (χ4n) is 2.62. The lowest BCUT2D eigenvalue weighted by molar-refractivity contribution is 0.472. The first-order valence-electron chi connectivity index (χ1n) is 6.84. The van der Waals surface area contributed by atoms with Crippen molar-refractivity contribution in [2.75, 3.05) is 29.1 Å². The maximum Gasteiger partial charge on any atom is 0.144 e. The van der Waals surface area contributed by atoms with Crippen molar-refractivity contribution >= 4 is 29.0 Å². The van der Waals surface area contributed by atoms with Gasteiger partial charge in [-0.1, -0.05) is 0 Å². The maximum absolute atomic E-state index is 4.38. The van der Waals surface area contributed by atoms with Gasteiger partial charge in [-0.2, -0.15) is 5.10 Å². The number of rotatable bonds is 2. The summed E-state index contributed by atoms with van der Waals surface area (Å²) in [6, 6.07) is 7.17. The molecule has 5 nitrogen and oxygen atoms in total. The largest absolute Gasteiger partial charge is 0.380 e. The number of nitrogens with one attached hydrogen (secondary N) is 3. The molecule has 1 aromatic carbocycles. The molecule has 3 N–H and O–H groups in total. The summed E-state index contributed by atoms with van der Waals surface area (Å²) in [6.07, 6.45) is 1.94. The minimum atomic E-state index is 0.553. The second kappa shape index (κ2) is 4.71. The molecule has 3 heterocycles. The predicted molar refractivity (Wildman–Crippen MR) is 84.3 cm³/mol. The molecule has 0 amide bonds. The van der Waals surface area contributed by atoms with Crippen LogP contribution in [0.4, 0.5) is 11.4 Å². The van der Waals surface area contributed by atoms with Crippen LogP contribution in [0.2, 0.25) is 0 Å². The first-order chi connectivity index (χ1) is 9.81. The molecule has 104 valence electrons. The molecule has 1 aromatic rings. The van der Waals surface area contributed by atoms with E-state index in [4.69, 9.17) is 0 Å². The van der Waals surface area contributed by atoms with Crippen LogP contribution in [0, 0.1) is 0 Å². The smallest absolute Gasteiger partial charge is 0.144 e. The molecule has 0 aliphatic carbocycles. The lowest BCUT2D eigenvalue weighted by Gasteiger charge is -2.35. The fourth-order valence-corrected chi connectivity index (χ4v) is 3.56. The molecular weight excluding hydrogens is 270 g/mol. The van der Waals surface area contributed by atoms with Crippen molar-refractivity contribution in [3.63, 3.8) is 0 Å². The summed E-state index contributed by atoms with van der Waals surface area (Å²) in [6.45, 7) is 4.20. The van der Waals surface area contributed by atoms with E-state index in [9.17, 15) is 0 Å². The number of anilines is 2. The zero-order valence-electron chi connectivity index (χ0n) is 11.3. The van der Waals surface area contributed by atoms with Gasteiger partial charge in [-0.3, -0.25) is 10.3 Å². The van der Waals surface area contributed by atoms with Crippen LogP contribution in [0.3, 0.4) is 0 Å². The van der Waals surface area contributed by atoms with E-state index in [1.165, 1.54) is 22.0 Å². The molecule has 0 radical (unpaired) electrons. The van der Waals surface area contributed by atoms with Crippen LogP contribution in [0.25, 0.3) is 0 Å². The van der Waals surface area contributed by atoms with Gasteiger partial charge < -0.3 is 10.6 Å². The highest BCUT2D eigenvalue weighted by Crippen LogP contribution is 2.39. The van der Waals surface area contributed by atoms with E-state index in [0.717, 1.165) is 24.7 Å². The number of hydrogen-bond donors (Lipinski definition) is 3. The third-order valence-electron chi connectivity index (χ3n) is 3.79. The van der Waals surface area contributed by atoms with Crippen molar-refractivity contribution in [3.8, 4) is 0 Å². The molecule has 3 aliphatic rings. The molecule has 0 aromatic heterocycles. The van der Waals surface area contributed by atoms with E-state index in [-0.39, 0.29) is 0 Å². The Bertz CT molecular complexity index is 606. The number of hydrogen-bond acceptors (Lipinski definition) is 6. The van der Waals surface area contributed by atoms with Crippen LogP contribution < -0.4 is 21.0 Å². The summed E-state index contributed by atoms with van der Waals surface area (Å²) in [5.41, 5.74) is 6.57. The standard InChI is InChI=1S/C14H17N5S/c1-9-5-16-18-14-8-20-13-3-2-10(4-12(13)19(9)14)17-11-6-15-7-11/h2-5,11,15-17H,6-8H2,1H3. The molecule has 4 rings (SSSR count). The number of fused-ring (bicyclic) bond motifs is 3. The van der Waals surface area contributed by atoms with Crippen molar-refractivity contribution in [1.82, 2.24) is 10.7 Å². The maximum atomic E-state index is 4.38. The van der Waals surface area contributed by atoms with Crippen molar-refractivity contribution in [1.29, 1.82) is 0 Å². The summed E-state index contributed by atoms with van der Waals surface area (Å²) in [5.74, 6) is 1.98. The minimum Gasteiger partial charge on any atom is -0.380 e. The molecule has 0 bridgehead atoms. The SMILES string of the molecule is CC1=CNN=C2CSc3ccc(NC4CNC4)cc3N12. The average Bonchev–Trinajstić information content (AvgIpc) is 2.42. The lowest BCUT2D eigenvalue weighted by Crippen LogP contribution is -2.51. The number of amidine groups is 1. The van der Waals surface area contributed by atoms with E-state index in [2.05, 4.69) is 51.2 Å². The quantitative estimate of drug-likeness (QED) is 0.774. The minimum absolute atomic E-state index is 0.553. The Morgan fingerprint density at radius 1 is 1.40 bits per heavy atom. The zero-order valence-corrected chi connectivity index (χ0v) is 12.1. The number of nitrogens with zero attached hydrogens (tertiary/aromatic N) is 2. The summed E-state index contributed by atoms with van der Waals surface area (Å²) in [7, 11) is 0. The van der Waals surface area contributed by atoms with Crippen molar-refractivity contribution in [3.05, 3.63) is 30.1 Å². The molecule has 3 aliphatic heterocycles. The van der Waals surface area contributed by atoms with Crippen LogP contribution in [0.5, 0.6) is 0 Å². The summed E-state index contributed by atoms with van der Waals surface area (Å²) in [4.78, 5) is 3.56. The number of hydrazone groups is 1. The van der Waals surface area contributed by atoms with Gasteiger partial charge in [0, 0.05) is 35.6 Å². The fraction of sp³-hybridized carbons (Fsp3) is 0.357. The van der Waals surface area contributed by atoms with Crippen LogP contribution in [-0.2, 0) is 0 Å². The molecule has 20 heavy (non-hydrogen) atoms. The number of allylic oxidation sites excluding steroid dienone is 1. The molecule has 0 atom stereocenters. The first kappa shape index (κ1) is 12.1. The van der Waals surface area contributed by atoms with E-state index in [0.29, 0.717) is 6.04 Å². The second-order valence-corrected chi connectivity index (χ2v) is 6.27. The van der Waals surface area contributed by atoms with Gasteiger partial charge in [0.15, 0.2) is 0 Å². The van der Waals surface area contributed by atoms with Crippen molar-refractivity contribution in [2.45, 2.75) is 17.9 Å². The zero-order chi connectivity index (χ0) is 13.5. The second-order valence-electron chi connectivity index (χ2n) is 5.25. The van der Waals surface area contributed by atoms with E-state index in [1.54, 1.807) is 0 Å². The summed E-state index contributed by atoms with van der Waals surface area (Å²) >= 11 is 1.84. The highest BCUT2D eigenvalue weighted by Gasteiger charge is 2.27. The van der Waals surface area contributed by atoms with E-state index in [1.807, 2.05) is 18.0 Å². The predicted octanol–water partition coefficient (Wildman–Crippen LogP) is 1.76. The highest BCUT2D eigenvalue weighted by molar-refractivity contribution is 8.00. The van der Waals surface area contributed by atoms with Crippen LogP contribution in [0.15, 0.2) is 40.1 Å². The summed E-state index contributed by atoms with van der Waals surface area (Å²) in [5, 5.41) is 11.2. The molecule has 0 spiro atoms. The Labute approximate surface area is 122 Å². The Morgan fingerprint density at radius 3 is 3.10 bits per heavy atom. The molecular formula is C14H17N5S. The van der Waals surface area contributed by atoms with Gasteiger partial charge in [-0.15, -0.1) is 11.8 Å². The third kappa shape index (κ3) is 1.96. The van der Waals surface area contributed by atoms with E-state index >= 15 is 0 Å². The van der Waals surface area contributed by atoms with Gasteiger partial charge in [-0.25, -0.2) is 0 Å². The van der Waals surface area contributed by atoms with Crippen molar-refractivity contribution < 1.29 is 0 Å². The Balaban J connectivity index is 1.69. The number of thioether (sulfide) groups is 1.